The Hall–Kier alpha value is -0.410. The highest BCUT2D eigenvalue weighted by Crippen LogP contribution is 2.13. The second-order valence-corrected chi connectivity index (χ2v) is 4.28. The molecule has 1 heterocycles. The molecule has 0 amide bonds. The molecule has 0 aliphatic carbocycles. The van der Waals surface area contributed by atoms with Crippen LogP contribution >= 0.6 is 11.3 Å². The van der Waals surface area contributed by atoms with Gasteiger partial charge < -0.3 is 5.73 Å². The molecular formula is C10H18N2S. The standard InChI is InChI=1S/C10H18N2S/c1-3-5-8(11)6-10-12-9(4-2)7-13-10/h7-8H,3-6,11H2,1-2H3. The molecule has 2 N–H and O–H groups in total. The van der Waals surface area contributed by atoms with E-state index in [1.54, 1.807) is 11.3 Å². The molecule has 74 valence electrons. The van der Waals surface area contributed by atoms with Gasteiger partial charge in [0, 0.05) is 17.8 Å². The molecule has 1 rings (SSSR count). The Morgan fingerprint density at radius 3 is 2.85 bits per heavy atom. The van der Waals surface area contributed by atoms with Crippen LogP contribution in [0.3, 0.4) is 0 Å². The number of aryl methyl sites for hydroxylation is 1. The highest BCUT2D eigenvalue weighted by atomic mass is 32.1. The van der Waals surface area contributed by atoms with Crippen molar-refractivity contribution >= 4 is 11.3 Å². The lowest BCUT2D eigenvalue weighted by Crippen LogP contribution is -2.22. The van der Waals surface area contributed by atoms with Crippen LogP contribution in [0, 0.1) is 0 Å². The summed E-state index contributed by atoms with van der Waals surface area (Å²) in [4.78, 5) is 4.49. The molecule has 0 fully saturated rings. The molecule has 1 aromatic heterocycles. The van der Waals surface area contributed by atoms with Gasteiger partial charge in [-0.2, -0.15) is 0 Å². The summed E-state index contributed by atoms with van der Waals surface area (Å²) in [6.07, 6.45) is 4.23. The van der Waals surface area contributed by atoms with Crippen molar-refractivity contribution in [3.63, 3.8) is 0 Å². The minimum atomic E-state index is 0.292. The lowest BCUT2D eigenvalue weighted by molar-refractivity contribution is 0.598. The van der Waals surface area contributed by atoms with E-state index in [0.29, 0.717) is 6.04 Å². The Morgan fingerprint density at radius 2 is 2.31 bits per heavy atom. The quantitative estimate of drug-likeness (QED) is 0.789. The number of nitrogens with two attached hydrogens (primary N) is 1. The van der Waals surface area contributed by atoms with Gasteiger partial charge in [0.15, 0.2) is 0 Å². The first-order valence-electron chi connectivity index (χ1n) is 4.95. The van der Waals surface area contributed by atoms with Crippen molar-refractivity contribution in [2.75, 3.05) is 0 Å². The fraction of sp³-hybridized carbons (Fsp3) is 0.700. The largest absolute Gasteiger partial charge is 0.327 e. The smallest absolute Gasteiger partial charge is 0.0943 e. The van der Waals surface area contributed by atoms with Crippen LogP contribution in [-0.4, -0.2) is 11.0 Å². The first-order chi connectivity index (χ1) is 6.26. The first kappa shape index (κ1) is 10.7. The number of aromatic nitrogens is 1. The van der Waals surface area contributed by atoms with Gasteiger partial charge >= 0.3 is 0 Å². The molecule has 0 saturated heterocycles. The van der Waals surface area contributed by atoms with Crippen molar-refractivity contribution in [2.24, 2.45) is 5.73 Å². The zero-order valence-electron chi connectivity index (χ0n) is 8.42. The maximum Gasteiger partial charge on any atom is 0.0943 e. The minimum Gasteiger partial charge on any atom is -0.327 e. The molecule has 0 aliphatic heterocycles. The van der Waals surface area contributed by atoms with Gasteiger partial charge in [-0.1, -0.05) is 20.3 Å². The number of nitrogens with zero attached hydrogens (tertiary/aromatic N) is 1. The van der Waals surface area contributed by atoms with Crippen LogP contribution in [0.2, 0.25) is 0 Å². The number of thiazole rings is 1. The molecule has 1 aromatic rings. The van der Waals surface area contributed by atoms with Crippen LogP contribution in [0.1, 0.15) is 37.4 Å². The molecule has 0 aliphatic rings. The van der Waals surface area contributed by atoms with Gasteiger partial charge in [0.25, 0.3) is 0 Å². The Bertz CT molecular complexity index is 245. The van der Waals surface area contributed by atoms with Crippen LogP contribution in [0.5, 0.6) is 0 Å². The van der Waals surface area contributed by atoms with Crippen LogP contribution in [0.15, 0.2) is 5.38 Å². The Kier molecular flexibility index (Phi) is 4.39. The van der Waals surface area contributed by atoms with Crippen LogP contribution in [-0.2, 0) is 12.8 Å². The average molecular weight is 198 g/mol. The minimum absolute atomic E-state index is 0.292. The lowest BCUT2D eigenvalue weighted by Gasteiger charge is -2.06. The SMILES string of the molecule is CCCC(N)Cc1nc(CC)cs1. The Morgan fingerprint density at radius 1 is 1.54 bits per heavy atom. The summed E-state index contributed by atoms with van der Waals surface area (Å²) in [5.74, 6) is 0. The molecule has 0 aromatic carbocycles. The highest BCUT2D eigenvalue weighted by molar-refractivity contribution is 7.09. The molecule has 0 saturated carbocycles. The van der Waals surface area contributed by atoms with Crippen molar-refractivity contribution in [1.82, 2.24) is 4.98 Å². The Balaban J connectivity index is 2.44. The fourth-order valence-corrected chi connectivity index (χ4v) is 2.27. The van der Waals surface area contributed by atoms with Gasteiger partial charge in [-0.15, -0.1) is 11.3 Å². The van der Waals surface area contributed by atoms with E-state index in [-0.39, 0.29) is 0 Å². The normalized spacial score (nSPS) is 13.2. The van der Waals surface area contributed by atoms with E-state index in [0.717, 1.165) is 25.7 Å². The molecule has 3 heteroatoms. The van der Waals surface area contributed by atoms with Gasteiger partial charge in [-0.3, -0.25) is 0 Å². The maximum absolute atomic E-state index is 5.93. The topological polar surface area (TPSA) is 38.9 Å². The number of hydrogen-bond donors (Lipinski definition) is 1. The van der Waals surface area contributed by atoms with Crippen molar-refractivity contribution in [1.29, 1.82) is 0 Å². The van der Waals surface area contributed by atoms with Gasteiger partial charge in [0.1, 0.15) is 0 Å². The van der Waals surface area contributed by atoms with Crippen molar-refractivity contribution < 1.29 is 0 Å². The molecular weight excluding hydrogens is 180 g/mol. The molecule has 1 atom stereocenters. The number of hydrogen-bond acceptors (Lipinski definition) is 3. The lowest BCUT2D eigenvalue weighted by atomic mass is 10.1. The van der Waals surface area contributed by atoms with E-state index in [2.05, 4.69) is 24.2 Å². The third-order valence-electron chi connectivity index (χ3n) is 2.06. The monoisotopic (exact) mass is 198 g/mol. The van der Waals surface area contributed by atoms with Crippen molar-refractivity contribution in [2.45, 2.75) is 45.6 Å². The van der Waals surface area contributed by atoms with E-state index >= 15 is 0 Å². The van der Waals surface area contributed by atoms with E-state index in [1.807, 2.05) is 0 Å². The molecule has 1 unspecified atom stereocenters. The molecule has 0 spiro atoms. The second-order valence-electron chi connectivity index (χ2n) is 3.34. The number of rotatable bonds is 5. The summed E-state index contributed by atoms with van der Waals surface area (Å²) in [6, 6.07) is 0.292. The fourth-order valence-electron chi connectivity index (χ4n) is 1.30. The highest BCUT2D eigenvalue weighted by Gasteiger charge is 2.06. The van der Waals surface area contributed by atoms with Crippen LogP contribution in [0.25, 0.3) is 0 Å². The molecule has 0 bridgehead atoms. The van der Waals surface area contributed by atoms with Gasteiger partial charge in [-0.25, -0.2) is 4.98 Å². The average Bonchev–Trinajstić information content (AvgIpc) is 2.52. The van der Waals surface area contributed by atoms with Gasteiger partial charge in [0.05, 0.1) is 10.7 Å². The predicted molar refractivity (Wildman–Crippen MR) is 58.1 cm³/mol. The van der Waals surface area contributed by atoms with E-state index in [9.17, 15) is 0 Å². The van der Waals surface area contributed by atoms with Gasteiger partial charge in [-0.05, 0) is 12.8 Å². The summed E-state index contributed by atoms with van der Waals surface area (Å²) in [6.45, 7) is 4.30. The van der Waals surface area contributed by atoms with E-state index in [4.69, 9.17) is 5.73 Å². The van der Waals surface area contributed by atoms with Gasteiger partial charge in [0.2, 0.25) is 0 Å². The summed E-state index contributed by atoms with van der Waals surface area (Å²) in [7, 11) is 0. The maximum atomic E-state index is 5.93. The van der Waals surface area contributed by atoms with E-state index < -0.39 is 0 Å². The molecule has 0 radical (unpaired) electrons. The molecule has 13 heavy (non-hydrogen) atoms. The van der Waals surface area contributed by atoms with Crippen LogP contribution < -0.4 is 5.73 Å². The third-order valence-corrected chi connectivity index (χ3v) is 2.98. The molecule has 2 nitrogen and oxygen atoms in total. The summed E-state index contributed by atoms with van der Waals surface area (Å²) in [5, 5.41) is 3.33. The van der Waals surface area contributed by atoms with E-state index in [1.165, 1.54) is 10.7 Å². The van der Waals surface area contributed by atoms with Crippen molar-refractivity contribution in [3.05, 3.63) is 16.1 Å². The first-order valence-corrected chi connectivity index (χ1v) is 5.83. The summed E-state index contributed by atoms with van der Waals surface area (Å²) in [5.41, 5.74) is 7.13. The van der Waals surface area contributed by atoms with Crippen molar-refractivity contribution in [3.8, 4) is 0 Å². The zero-order chi connectivity index (χ0) is 9.68. The summed E-state index contributed by atoms with van der Waals surface area (Å²) < 4.78 is 0. The zero-order valence-corrected chi connectivity index (χ0v) is 9.23. The Labute approximate surface area is 84.2 Å². The second kappa shape index (κ2) is 5.35. The third kappa shape index (κ3) is 3.44. The predicted octanol–water partition coefficient (Wildman–Crippen LogP) is 2.38. The summed E-state index contributed by atoms with van der Waals surface area (Å²) >= 11 is 1.74. The van der Waals surface area contributed by atoms with Crippen LogP contribution in [0.4, 0.5) is 0 Å².